The molecule has 0 saturated carbocycles. The Balaban J connectivity index is 3.47. The van der Waals surface area contributed by atoms with Crippen molar-refractivity contribution in [3.63, 3.8) is 0 Å². The van der Waals surface area contributed by atoms with Gasteiger partial charge in [0.05, 0.1) is 13.7 Å². The van der Waals surface area contributed by atoms with E-state index in [0.717, 1.165) is 0 Å². The van der Waals surface area contributed by atoms with Crippen LogP contribution in [0.3, 0.4) is 0 Å². The second-order valence-corrected chi connectivity index (χ2v) is 2.28. The monoisotopic (exact) mass is 190 g/mol. The molecule has 68 valence electrons. The summed E-state index contributed by atoms with van der Waals surface area (Å²) in [5.41, 5.74) is -1.02. The van der Waals surface area contributed by atoms with Crippen molar-refractivity contribution in [1.82, 2.24) is 0 Å². The summed E-state index contributed by atoms with van der Waals surface area (Å²) in [6, 6.07) is 0. The molecule has 0 aliphatic rings. The maximum Gasteiger partial charge on any atom is 0.350 e. The van der Waals surface area contributed by atoms with Gasteiger partial charge in [0, 0.05) is 6.42 Å². The van der Waals surface area contributed by atoms with E-state index in [4.69, 9.17) is 16.3 Å². The highest BCUT2D eigenvalue weighted by atomic mass is 35.5. The first-order valence-electron chi connectivity index (χ1n) is 3.45. The van der Waals surface area contributed by atoms with Gasteiger partial charge in [0.25, 0.3) is 0 Å². The molecular formula is C8H11ClO3. The number of carbonyl (C=O) groups excluding carboxylic acids is 1. The number of carbonyl (C=O) groups is 1. The number of esters is 1. The lowest BCUT2D eigenvalue weighted by atomic mass is 10.4. The number of hydrogen-bond donors (Lipinski definition) is 0. The second kappa shape index (κ2) is 6.96. The third kappa shape index (κ3) is 5.00. The second-order valence-electron chi connectivity index (χ2n) is 1.89. The molecule has 0 saturated heterocycles. The standard InChI is InChI=1S/C8H11ClO3/c1-3-4-5-6-12-7(9)8(10)11-2/h7H,5-6H2,1-2H3. The predicted octanol–water partition coefficient (Wildman–Crippen LogP) is 1.15. The van der Waals surface area contributed by atoms with Crippen LogP contribution in [0.4, 0.5) is 0 Å². The maximum absolute atomic E-state index is 10.7. The number of ether oxygens (including phenoxy) is 2. The first kappa shape index (κ1) is 11.3. The lowest BCUT2D eigenvalue weighted by Gasteiger charge is -2.06. The topological polar surface area (TPSA) is 35.5 Å². The fourth-order valence-electron chi connectivity index (χ4n) is 0.499. The van der Waals surface area contributed by atoms with Crippen molar-refractivity contribution in [3.8, 4) is 11.8 Å². The molecule has 0 aliphatic heterocycles. The van der Waals surface area contributed by atoms with Gasteiger partial charge in [-0.2, -0.15) is 0 Å². The lowest BCUT2D eigenvalue weighted by Crippen LogP contribution is -2.19. The molecule has 0 radical (unpaired) electrons. The molecule has 0 heterocycles. The van der Waals surface area contributed by atoms with Crippen LogP contribution in [0.2, 0.25) is 0 Å². The third-order valence-electron chi connectivity index (χ3n) is 1.05. The summed E-state index contributed by atoms with van der Waals surface area (Å²) in [7, 11) is 1.26. The van der Waals surface area contributed by atoms with Crippen LogP contribution in [0.15, 0.2) is 0 Å². The van der Waals surface area contributed by atoms with Crippen LogP contribution in [0.1, 0.15) is 13.3 Å². The number of hydrogen-bond acceptors (Lipinski definition) is 3. The highest BCUT2D eigenvalue weighted by Crippen LogP contribution is 2.00. The summed E-state index contributed by atoms with van der Waals surface area (Å²) in [6.07, 6.45) is 0.566. The van der Waals surface area contributed by atoms with Crippen LogP contribution in [-0.4, -0.2) is 25.2 Å². The molecule has 0 aliphatic carbocycles. The Labute approximate surface area is 77.0 Å². The van der Waals surface area contributed by atoms with Crippen LogP contribution >= 0.6 is 11.6 Å². The quantitative estimate of drug-likeness (QED) is 0.289. The zero-order valence-corrected chi connectivity index (χ0v) is 7.85. The van der Waals surface area contributed by atoms with Crippen molar-refractivity contribution < 1.29 is 14.3 Å². The number of halogens is 1. The summed E-state index contributed by atoms with van der Waals surface area (Å²) in [4.78, 5) is 10.7. The molecule has 0 rings (SSSR count). The van der Waals surface area contributed by atoms with E-state index < -0.39 is 11.5 Å². The molecule has 0 amide bonds. The summed E-state index contributed by atoms with van der Waals surface area (Å²) in [5.74, 6) is 4.89. The average Bonchev–Trinajstić information content (AvgIpc) is 2.10. The average molecular weight is 191 g/mol. The summed E-state index contributed by atoms with van der Waals surface area (Å²) in [6.45, 7) is 2.07. The molecule has 0 aromatic carbocycles. The first-order valence-corrected chi connectivity index (χ1v) is 3.89. The van der Waals surface area contributed by atoms with Crippen LogP contribution in [0.25, 0.3) is 0 Å². The van der Waals surface area contributed by atoms with Gasteiger partial charge in [-0.3, -0.25) is 0 Å². The Morgan fingerprint density at radius 1 is 1.67 bits per heavy atom. The molecule has 0 aromatic heterocycles. The molecule has 0 bridgehead atoms. The Morgan fingerprint density at radius 3 is 2.83 bits per heavy atom. The molecule has 0 aromatic rings. The summed E-state index contributed by atoms with van der Waals surface area (Å²) >= 11 is 5.47. The van der Waals surface area contributed by atoms with Gasteiger partial charge in [0.1, 0.15) is 0 Å². The van der Waals surface area contributed by atoms with Crippen molar-refractivity contribution in [2.75, 3.05) is 13.7 Å². The van der Waals surface area contributed by atoms with Gasteiger partial charge in [0.15, 0.2) is 0 Å². The molecule has 12 heavy (non-hydrogen) atoms. The molecule has 1 atom stereocenters. The number of methoxy groups -OCH3 is 1. The molecule has 0 spiro atoms. The molecule has 1 unspecified atom stereocenters. The highest BCUT2D eigenvalue weighted by molar-refractivity contribution is 6.28. The van der Waals surface area contributed by atoms with E-state index >= 15 is 0 Å². The minimum absolute atomic E-state index is 0.337. The summed E-state index contributed by atoms with van der Waals surface area (Å²) < 4.78 is 9.22. The Hall–Kier alpha value is -0.720. The van der Waals surface area contributed by atoms with E-state index in [1.54, 1.807) is 6.92 Å². The Kier molecular flexibility index (Phi) is 6.54. The Morgan fingerprint density at radius 2 is 2.33 bits per heavy atom. The fraction of sp³-hybridized carbons (Fsp3) is 0.625. The van der Waals surface area contributed by atoms with Gasteiger partial charge in [0.2, 0.25) is 5.56 Å². The van der Waals surface area contributed by atoms with E-state index in [-0.39, 0.29) is 0 Å². The van der Waals surface area contributed by atoms with Gasteiger partial charge in [-0.05, 0) is 6.92 Å². The fourth-order valence-corrected chi connectivity index (χ4v) is 0.677. The first-order chi connectivity index (χ1) is 5.72. The van der Waals surface area contributed by atoms with Crippen molar-refractivity contribution in [1.29, 1.82) is 0 Å². The minimum Gasteiger partial charge on any atom is -0.466 e. The molecular weight excluding hydrogens is 180 g/mol. The third-order valence-corrected chi connectivity index (χ3v) is 1.36. The van der Waals surface area contributed by atoms with Gasteiger partial charge in [-0.25, -0.2) is 4.79 Å². The van der Waals surface area contributed by atoms with Crippen LogP contribution in [-0.2, 0) is 14.3 Å². The van der Waals surface area contributed by atoms with Crippen molar-refractivity contribution in [2.24, 2.45) is 0 Å². The van der Waals surface area contributed by atoms with E-state index in [1.165, 1.54) is 7.11 Å². The molecule has 3 nitrogen and oxygen atoms in total. The zero-order valence-electron chi connectivity index (χ0n) is 7.09. The molecule has 0 N–H and O–H groups in total. The van der Waals surface area contributed by atoms with Crippen LogP contribution in [0, 0.1) is 11.8 Å². The van der Waals surface area contributed by atoms with Gasteiger partial charge in [-0.1, -0.05) is 11.6 Å². The zero-order chi connectivity index (χ0) is 9.40. The SMILES string of the molecule is CC#CCCOC(Cl)C(=O)OC. The van der Waals surface area contributed by atoms with Crippen LogP contribution in [0.5, 0.6) is 0 Å². The van der Waals surface area contributed by atoms with Crippen molar-refractivity contribution in [3.05, 3.63) is 0 Å². The van der Waals surface area contributed by atoms with Gasteiger partial charge >= 0.3 is 5.97 Å². The predicted molar refractivity (Wildman–Crippen MR) is 45.7 cm³/mol. The molecule has 0 fully saturated rings. The molecule has 4 heteroatoms. The maximum atomic E-state index is 10.7. The largest absolute Gasteiger partial charge is 0.466 e. The van der Waals surface area contributed by atoms with E-state index in [2.05, 4.69) is 16.6 Å². The van der Waals surface area contributed by atoms with Crippen molar-refractivity contribution in [2.45, 2.75) is 18.9 Å². The minimum atomic E-state index is -1.02. The van der Waals surface area contributed by atoms with E-state index in [1.807, 2.05) is 0 Å². The van der Waals surface area contributed by atoms with Crippen LogP contribution < -0.4 is 0 Å². The lowest BCUT2D eigenvalue weighted by molar-refractivity contribution is -0.148. The Bertz CT molecular complexity index is 192. The van der Waals surface area contributed by atoms with Gasteiger partial charge in [-0.15, -0.1) is 11.8 Å². The highest BCUT2D eigenvalue weighted by Gasteiger charge is 2.14. The van der Waals surface area contributed by atoms with E-state index in [0.29, 0.717) is 13.0 Å². The number of rotatable bonds is 4. The number of alkyl halides is 1. The van der Waals surface area contributed by atoms with E-state index in [9.17, 15) is 4.79 Å². The van der Waals surface area contributed by atoms with Gasteiger partial charge < -0.3 is 9.47 Å². The normalized spacial score (nSPS) is 11.2. The van der Waals surface area contributed by atoms with Crippen molar-refractivity contribution >= 4 is 17.6 Å². The summed E-state index contributed by atoms with van der Waals surface area (Å²) in [5, 5.41) is 0. The smallest absolute Gasteiger partial charge is 0.350 e.